The van der Waals surface area contributed by atoms with Crippen molar-refractivity contribution in [2.75, 3.05) is 13.2 Å². The Balaban J connectivity index is 2.07. The maximum absolute atomic E-state index is 12.3. The minimum Gasteiger partial charge on any atom is -0.377 e. The Hall–Kier alpha value is -1.12. The van der Waals surface area contributed by atoms with E-state index in [1.807, 2.05) is 13.8 Å². The lowest BCUT2D eigenvalue weighted by Crippen LogP contribution is -2.80. The summed E-state index contributed by atoms with van der Waals surface area (Å²) in [7, 11) is 0. The van der Waals surface area contributed by atoms with Crippen LogP contribution in [0, 0.1) is 28.6 Å². The first-order chi connectivity index (χ1) is 8.35. The van der Waals surface area contributed by atoms with Crippen molar-refractivity contribution in [3.05, 3.63) is 0 Å². The smallest absolute Gasteiger partial charge is 0.241 e. The van der Waals surface area contributed by atoms with Crippen molar-refractivity contribution >= 4 is 5.91 Å². The van der Waals surface area contributed by atoms with Crippen molar-refractivity contribution in [2.45, 2.75) is 38.8 Å². The average molecular weight is 251 g/mol. The SMILES string of the molecule is CC(C#N)CNC(=O)C1(N)C2CCOC2C1(C)C. The van der Waals surface area contributed by atoms with E-state index in [-0.39, 0.29) is 29.3 Å². The molecule has 4 unspecified atom stereocenters. The fraction of sp³-hybridized carbons (Fsp3) is 0.846. The van der Waals surface area contributed by atoms with Crippen LogP contribution in [0.5, 0.6) is 0 Å². The fourth-order valence-corrected chi connectivity index (χ4v) is 3.28. The summed E-state index contributed by atoms with van der Waals surface area (Å²) < 4.78 is 5.65. The fourth-order valence-electron chi connectivity index (χ4n) is 3.28. The van der Waals surface area contributed by atoms with E-state index in [4.69, 9.17) is 15.7 Å². The highest BCUT2D eigenvalue weighted by Gasteiger charge is 2.71. The van der Waals surface area contributed by atoms with Gasteiger partial charge < -0.3 is 15.8 Å². The van der Waals surface area contributed by atoms with Crippen molar-refractivity contribution < 1.29 is 9.53 Å². The molecule has 2 rings (SSSR count). The standard InChI is InChI=1S/C13H21N3O2/c1-8(6-14)7-16-11(17)13(15)9-4-5-18-10(9)12(13,2)3/h8-10H,4-5,7,15H2,1-3H3,(H,16,17). The van der Waals surface area contributed by atoms with Gasteiger partial charge in [0, 0.05) is 24.5 Å². The molecule has 1 saturated heterocycles. The third-order valence-corrected chi connectivity index (χ3v) is 4.62. The van der Waals surface area contributed by atoms with Crippen molar-refractivity contribution in [1.29, 1.82) is 5.26 Å². The zero-order chi connectivity index (χ0) is 13.6. The molecule has 4 atom stereocenters. The number of carbonyl (C=O) groups is 1. The Labute approximate surface area is 108 Å². The van der Waals surface area contributed by atoms with Gasteiger partial charge in [-0.2, -0.15) is 5.26 Å². The zero-order valence-corrected chi connectivity index (χ0v) is 11.2. The van der Waals surface area contributed by atoms with Crippen LogP contribution in [0.3, 0.4) is 0 Å². The van der Waals surface area contributed by atoms with E-state index in [1.54, 1.807) is 6.92 Å². The minimum atomic E-state index is -0.872. The number of nitrogens with zero attached hydrogens (tertiary/aromatic N) is 1. The third-order valence-electron chi connectivity index (χ3n) is 4.62. The van der Waals surface area contributed by atoms with Gasteiger partial charge in [0.15, 0.2) is 0 Å². The molecule has 100 valence electrons. The van der Waals surface area contributed by atoms with Crippen LogP contribution in [0.15, 0.2) is 0 Å². The topological polar surface area (TPSA) is 88.1 Å². The van der Waals surface area contributed by atoms with Crippen LogP contribution in [0.25, 0.3) is 0 Å². The molecule has 0 aromatic carbocycles. The molecule has 0 bridgehead atoms. The highest BCUT2D eigenvalue weighted by Crippen LogP contribution is 2.58. The molecular weight excluding hydrogens is 230 g/mol. The van der Waals surface area contributed by atoms with E-state index in [9.17, 15) is 4.79 Å². The summed E-state index contributed by atoms with van der Waals surface area (Å²) in [5.74, 6) is -0.248. The maximum Gasteiger partial charge on any atom is 0.241 e. The number of fused-ring (bicyclic) bond motifs is 1. The first-order valence-electron chi connectivity index (χ1n) is 6.44. The molecule has 2 aliphatic rings. The summed E-state index contributed by atoms with van der Waals surface area (Å²) in [6, 6.07) is 2.09. The van der Waals surface area contributed by atoms with Gasteiger partial charge in [0.1, 0.15) is 5.54 Å². The summed E-state index contributed by atoms with van der Waals surface area (Å²) in [5, 5.41) is 11.5. The average Bonchev–Trinajstić information content (AvgIpc) is 2.82. The van der Waals surface area contributed by atoms with Gasteiger partial charge in [0.25, 0.3) is 0 Å². The van der Waals surface area contributed by atoms with E-state index >= 15 is 0 Å². The van der Waals surface area contributed by atoms with E-state index in [0.717, 1.165) is 6.42 Å². The summed E-state index contributed by atoms with van der Waals surface area (Å²) in [6.45, 7) is 6.76. The molecule has 3 N–H and O–H groups in total. The van der Waals surface area contributed by atoms with Gasteiger partial charge in [-0.05, 0) is 13.3 Å². The number of rotatable bonds is 3. The number of nitrogens with two attached hydrogens (primary N) is 1. The molecule has 1 amide bonds. The molecule has 1 heterocycles. The van der Waals surface area contributed by atoms with Crippen LogP contribution in [-0.2, 0) is 9.53 Å². The monoisotopic (exact) mass is 251 g/mol. The molecule has 0 aromatic heterocycles. The number of hydrogen-bond donors (Lipinski definition) is 2. The Morgan fingerprint density at radius 3 is 2.94 bits per heavy atom. The number of nitriles is 1. The maximum atomic E-state index is 12.3. The lowest BCUT2D eigenvalue weighted by molar-refractivity contribution is -0.175. The van der Waals surface area contributed by atoms with E-state index in [1.165, 1.54) is 0 Å². The normalized spacial score (nSPS) is 38.2. The highest BCUT2D eigenvalue weighted by molar-refractivity contribution is 5.89. The van der Waals surface area contributed by atoms with Crippen molar-refractivity contribution in [3.63, 3.8) is 0 Å². The summed E-state index contributed by atoms with van der Waals surface area (Å²) >= 11 is 0. The second-order valence-corrected chi connectivity index (χ2v) is 6.02. The van der Waals surface area contributed by atoms with Gasteiger partial charge in [-0.15, -0.1) is 0 Å². The second-order valence-electron chi connectivity index (χ2n) is 6.02. The summed E-state index contributed by atoms with van der Waals surface area (Å²) in [6.07, 6.45) is 0.924. The van der Waals surface area contributed by atoms with Crippen LogP contribution >= 0.6 is 0 Å². The number of nitrogens with one attached hydrogen (secondary N) is 1. The number of ether oxygens (including phenoxy) is 1. The van der Waals surface area contributed by atoms with Crippen LogP contribution in [0.1, 0.15) is 27.2 Å². The van der Waals surface area contributed by atoms with E-state index in [0.29, 0.717) is 13.2 Å². The number of amides is 1. The van der Waals surface area contributed by atoms with E-state index < -0.39 is 5.54 Å². The molecular formula is C13H21N3O2. The lowest BCUT2D eigenvalue weighted by atomic mass is 9.48. The Kier molecular flexibility index (Phi) is 3.12. The third kappa shape index (κ3) is 1.56. The summed E-state index contributed by atoms with van der Waals surface area (Å²) in [4.78, 5) is 12.3. The largest absolute Gasteiger partial charge is 0.377 e. The zero-order valence-electron chi connectivity index (χ0n) is 11.2. The van der Waals surface area contributed by atoms with Crippen LogP contribution in [0.4, 0.5) is 0 Å². The highest BCUT2D eigenvalue weighted by atomic mass is 16.5. The molecule has 1 aliphatic carbocycles. The molecule has 18 heavy (non-hydrogen) atoms. The molecule has 1 saturated carbocycles. The Morgan fingerprint density at radius 1 is 1.67 bits per heavy atom. The van der Waals surface area contributed by atoms with Crippen LogP contribution < -0.4 is 11.1 Å². The first-order valence-corrected chi connectivity index (χ1v) is 6.44. The molecule has 5 heteroatoms. The number of hydrogen-bond acceptors (Lipinski definition) is 4. The minimum absolute atomic E-state index is 0.0849. The molecule has 0 aromatic rings. The molecule has 2 fully saturated rings. The molecule has 1 aliphatic heterocycles. The van der Waals surface area contributed by atoms with Gasteiger partial charge in [0.2, 0.25) is 5.91 Å². The van der Waals surface area contributed by atoms with Crippen molar-refractivity contribution in [1.82, 2.24) is 5.32 Å². The van der Waals surface area contributed by atoms with Crippen molar-refractivity contribution in [2.24, 2.45) is 23.0 Å². The predicted octanol–water partition coefficient (Wildman–Crippen LogP) is 0.405. The predicted molar refractivity (Wildman–Crippen MR) is 66.3 cm³/mol. The Bertz CT molecular complexity index is 402. The van der Waals surface area contributed by atoms with Gasteiger partial charge in [-0.3, -0.25) is 4.79 Å². The Morgan fingerprint density at radius 2 is 2.33 bits per heavy atom. The van der Waals surface area contributed by atoms with Crippen LogP contribution in [-0.4, -0.2) is 30.7 Å². The van der Waals surface area contributed by atoms with Crippen molar-refractivity contribution in [3.8, 4) is 6.07 Å². The molecule has 0 radical (unpaired) electrons. The van der Waals surface area contributed by atoms with Crippen LogP contribution in [0.2, 0.25) is 0 Å². The lowest BCUT2D eigenvalue weighted by Gasteiger charge is -2.60. The van der Waals surface area contributed by atoms with Gasteiger partial charge in [0.05, 0.1) is 18.1 Å². The molecule has 5 nitrogen and oxygen atoms in total. The first kappa shape index (κ1) is 13.3. The quantitative estimate of drug-likeness (QED) is 0.760. The van der Waals surface area contributed by atoms with Gasteiger partial charge >= 0.3 is 0 Å². The van der Waals surface area contributed by atoms with Gasteiger partial charge in [-0.25, -0.2) is 0 Å². The summed E-state index contributed by atoms with van der Waals surface area (Å²) in [5.41, 5.74) is 5.14. The second kappa shape index (κ2) is 4.22. The van der Waals surface area contributed by atoms with E-state index in [2.05, 4.69) is 11.4 Å². The van der Waals surface area contributed by atoms with Gasteiger partial charge in [-0.1, -0.05) is 13.8 Å². The number of carbonyl (C=O) groups excluding carboxylic acids is 1. The molecule has 0 spiro atoms.